The SMILES string of the molecule is c1ccc(-c2nc(-c3cccc(-c4c(-c5ccccc5)c(-c5ccccc5)nc(-c5ccccc5)c4-c4ccccc4)c3)cc(-c3cccc(-n4c5ccccc5c5ccccc54)c3)n2)cc1. The summed E-state index contributed by atoms with van der Waals surface area (Å²) in [5.41, 5.74) is 18.4. The van der Waals surface area contributed by atoms with Gasteiger partial charge in [-0.1, -0.05) is 218 Å². The molecule has 0 bridgehead atoms. The van der Waals surface area contributed by atoms with Crippen molar-refractivity contribution in [3.05, 3.63) is 255 Å². The van der Waals surface area contributed by atoms with Crippen molar-refractivity contribution in [1.82, 2.24) is 19.5 Å². The lowest BCUT2D eigenvalue weighted by Gasteiger charge is -2.23. The van der Waals surface area contributed by atoms with E-state index in [1.54, 1.807) is 0 Å². The fourth-order valence-corrected chi connectivity index (χ4v) is 9.55. The zero-order chi connectivity index (χ0) is 44.5. The van der Waals surface area contributed by atoms with Gasteiger partial charge in [0, 0.05) is 61.0 Å². The van der Waals surface area contributed by atoms with Gasteiger partial charge in [0.2, 0.25) is 0 Å². The number of fused-ring (bicyclic) bond motifs is 3. The maximum Gasteiger partial charge on any atom is 0.160 e. The smallest absolute Gasteiger partial charge is 0.160 e. The number of rotatable bonds is 9. The molecule has 9 aromatic carbocycles. The molecule has 0 radical (unpaired) electrons. The molecule has 12 aromatic rings. The molecule has 0 N–H and O–H groups in total. The van der Waals surface area contributed by atoms with E-state index in [0.29, 0.717) is 5.82 Å². The highest BCUT2D eigenvalue weighted by atomic mass is 15.0. The van der Waals surface area contributed by atoms with Gasteiger partial charge in [0.05, 0.1) is 33.8 Å². The second-order valence-electron chi connectivity index (χ2n) is 16.7. The third-order valence-electron chi connectivity index (χ3n) is 12.6. The Hall–Kier alpha value is -8.99. The fraction of sp³-hybridized carbons (Fsp3) is 0. The lowest BCUT2D eigenvalue weighted by molar-refractivity contribution is 1.16. The topological polar surface area (TPSA) is 43.6 Å². The predicted octanol–water partition coefficient (Wildman–Crippen LogP) is 16.3. The molecule has 0 aliphatic heterocycles. The molecule has 4 nitrogen and oxygen atoms in total. The maximum absolute atomic E-state index is 5.66. The number of benzene rings is 9. The molecular weight excluding hydrogens is 813 g/mol. The summed E-state index contributed by atoms with van der Waals surface area (Å²) in [6, 6.07) is 89.8. The van der Waals surface area contributed by atoms with Gasteiger partial charge in [0.15, 0.2) is 5.82 Å². The van der Waals surface area contributed by atoms with E-state index in [1.165, 1.54) is 10.8 Å². The highest BCUT2D eigenvalue weighted by molar-refractivity contribution is 6.09. The predicted molar refractivity (Wildman–Crippen MR) is 278 cm³/mol. The van der Waals surface area contributed by atoms with E-state index < -0.39 is 0 Å². The Labute approximate surface area is 389 Å². The number of nitrogens with zero attached hydrogens (tertiary/aromatic N) is 4. The molecule has 314 valence electrons. The third-order valence-corrected chi connectivity index (χ3v) is 12.6. The first-order valence-corrected chi connectivity index (χ1v) is 22.7. The van der Waals surface area contributed by atoms with Gasteiger partial charge < -0.3 is 4.57 Å². The first-order valence-electron chi connectivity index (χ1n) is 22.7. The quantitative estimate of drug-likeness (QED) is 0.145. The van der Waals surface area contributed by atoms with Crippen LogP contribution in [0, 0.1) is 0 Å². The van der Waals surface area contributed by atoms with Gasteiger partial charge in [-0.15, -0.1) is 0 Å². The van der Waals surface area contributed by atoms with E-state index in [4.69, 9.17) is 15.0 Å². The van der Waals surface area contributed by atoms with Crippen LogP contribution in [0.15, 0.2) is 255 Å². The first kappa shape index (κ1) is 39.6. The maximum atomic E-state index is 5.66. The summed E-state index contributed by atoms with van der Waals surface area (Å²) >= 11 is 0. The van der Waals surface area contributed by atoms with E-state index in [2.05, 4.69) is 241 Å². The van der Waals surface area contributed by atoms with Gasteiger partial charge in [0.25, 0.3) is 0 Å². The Bertz CT molecular complexity index is 3560. The van der Waals surface area contributed by atoms with Crippen LogP contribution in [0.1, 0.15) is 0 Å². The van der Waals surface area contributed by atoms with Gasteiger partial charge in [-0.3, -0.25) is 0 Å². The summed E-state index contributed by atoms with van der Waals surface area (Å²) in [7, 11) is 0. The van der Waals surface area contributed by atoms with Crippen LogP contribution in [0.25, 0.3) is 117 Å². The molecule has 0 amide bonds. The Kier molecular flexibility index (Phi) is 10.2. The summed E-state index contributed by atoms with van der Waals surface area (Å²) in [6.45, 7) is 0. The number of para-hydroxylation sites is 2. The van der Waals surface area contributed by atoms with Gasteiger partial charge in [-0.05, 0) is 53.1 Å². The van der Waals surface area contributed by atoms with Crippen LogP contribution in [0.5, 0.6) is 0 Å². The van der Waals surface area contributed by atoms with E-state index in [1.807, 2.05) is 18.2 Å². The molecule has 0 spiro atoms. The van der Waals surface area contributed by atoms with Crippen LogP contribution < -0.4 is 0 Å². The van der Waals surface area contributed by atoms with E-state index >= 15 is 0 Å². The third kappa shape index (κ3) is 7.37. The normalized spacial score (nSPS) is 11.3. The largest absolute Gasteiger partial charge is 0.309 e. The van der Waals surface area contributed by atoms with Crippen LogP contribution in [-0.4, -0.2) is 19.5 Å². The van der Waals surface area contributed by atoms with E-state index in [9.17, 15) is 0 Å². The highest BCUT2D eigenvalue weighted by Crippen LogP contribution is 2.49. The minimum atomic E-state index is 0.664. The fourth-order valence-electron chi connectivity index (χ4n) is 9.55. The van der Waals surface area contributed by atoms with Crippen LogP contribution in [0.2, 0.25) is 0 Å². The molecular formula is C63H42N4. The average Bonchev–Trinajstić information content (AvgIpc) is 3.76. The molecule has 3 aromatic heterocycles. The van der Waals surface area contributed by atoms with Crippen molar-refractivity contribution in [2.24, 2.45) is 0 Å². The molecule has 0 unspecified atom stereocenters. The van der Waals surface area contributed by atoms with Gasteiger partial charge in [-0.2, -0.15) is 0 Å². The van der Waals surface area contributed by atoms with Gasteiger partial charge >= 0.3 is 0 Å². The lowest BCUT2D eigenvalue weighted by Crippen LogP contribution is -2.02. The number of pyridine rings is 1. The second-order valence-corrected chi connectivity index (χ2v) is 16.7. The van der Waals surface area contributed by atoms with Crippen LogP contribution in [0.4, 0.5) is 0 Å². The Morgan fingerprint density at radius 2 is 0.642 bits per heavy atom. The molecule has 4 heteroatoms. The summed E-state index contributed by atoms with van der Waals surface area (Å²) in [5.74, 6) is 0.664. The van der Waals surface area contributed by atoms with Crippen molar-refractivity contribution < 1.29 is 0 Å². The summed E-state index contributed by atoms with van der Waals surface area (Å²) in [4.78, 5) is 16.3. The molecule has 0 saturated heterocycles. The van der Waals surface area contributed by atoms with Crippen molar-refractivity contribution in [3.63, 3.8) is 0 Å². The first-order chi connectivity index (χ1) is 33.2. The van der Waals surface area contributed by atoms with Crippen molar-refractivity contribution in [3.8, 4) is 95.5 Å². The monoisotopic (exact) mass is 854 g/mol. The van der Waals surface area contributed by atoms with Gasteiger partial charge in [0.1, 0.15) is 0 Å². The standard InChI is InChI=1S/C63H42N4/c1-6-22-43(23-7-1)59-58(60(44-24-8-2-9-25-44)62(46-28-12-4-13-29-46)66-61(59)45-26-10-3-11-27-45)50-34-20-32-48(40-50)54-42-55(65-63(64-54)47-30-14-5-15-31-47)49-33-21-35-51(41-49)67-56-38-18-16-36-52(56)53-37-17-19-39-57(53)67/h1-42H. The van der Waals surface area contributed by atoms with Crippen LogP contribution >= 0.6 is 0 Å². The molecule has 67 heavy (non-hydrogen) atoms. The van der Waals surface area contributed by atoms with Crippen molar-refractivity contribution in [2.75, 3.05) is 0 Å². The molecule has 0 atom stereocenters. The average molecular weight is 855 g/mol. The summed E-state index contributed by atoms with van der Waals surface area (Å²) in [5, 5.41) is 2.46. The van der Waals surface area contributed by atoms with Crippen molar-refractivity contribution in [2.45, 2.75) is 0 Å². The zero-order valence-corrected chi connectivity index (χ0v) is 36.5. The molecule has 0 fully saturated rings. The zero-order valence-electron chi connectivity index (χ0n) is 36.5. The van der Waals surface area contributed by atoms with Crippen molar-refractivity contribution >= 4 is 21.8 Å². The minimum absolute atomic E-state index is 0.664. The highest BCUT2D eigenvalue weighted by Gasteiger charge is 2.26. The second kappa shape index (κ2) is 17.2. The molecule has 3 heterocycles. The van der Waals surface area contributed by atoms with Crippen LogP contribution in [0.3, 0.4) is 0 Å². The molecule has 12 rings (SSSR count). The summed E-state index contributed by atoms with van der Waals surface area (Å²) < 4.78 is 2.36. The van der Waals surface area contributed by atoms with E-state index in [-0.39, 0.29) is 0 Å². The number of hydrogen-bond donors (Lipinski definition) is 0. The minimum Gasteiger partial charge on any atom is -0.309 e. The molecule has 0 saturated carbocycles. The number of hydrogen-bond acceptors (Lipinski definition) is 3. The molecule has 0 aliphatic rings. The lowest BCUT2D eigenvalue weighted by atomic mass is 9.83. The Morgan fingerprint density at radius 3 is 1.15 bits per heavy atom. The molecule has 0 aliphatic carbocycles. The summed E-state index contributed by atoms with van der Waals surface area (Å²) in [6.07, 6.45) is 0. The number of aromatic nitrogens is 4. The van der Waals surface area contributed by atoms with Gasteiger partial charge in [-0.25, -0.2) is 15.0 Å². The van der Waals surface area contributed by atoms with Crippen LogP contribution in [-0.2, 0) is 0 Å². The Morgan fingerprint density at radius 1 is 0.254 bits per heavy atom. The van der Waals surface area contributed by atoms with E-state index in [0.717, 1.165) is 101 Å². The van der Waals surface area contributed by atoms with Crippen molar-refractivity contribution in [1.29, 1.82) is 0 Å². The Balaban J connectivity index is 1.10.